The van der Waals surface area contributed by atoms with Gasteiger partial charge in [0, 0.05) is 20.3 Å². The van der Waals surface area contributed by atoms with Crippen LogP contribution in [0.3, 0.4) is 0 Å². The zero-order valence-corrected chi connectivity index (χ0v) is 13.5. The number of hydrogen-bond acceptors (Lipinski definition) is 3. The quantitative estimate of drug-likeness (QED) is 0.525. The molecule has 5 heteroatoms. The van der Waals surface area contributed by atoms with Crippen molar-refractivity contribution in [2.45, 2.75) is 32.2 Å². The molecule has 0 aliphatic heterocycles. The molecule has 1 heterocycles. The molecule has 0 saturated heterocycles. The summed E-state index contributed by atoms with van der Waals surface area (Å²) in [7, 11) is 1.68. The Labute approximate surface area is 131 Å². The molecule has 1 aromatic carbocycles. The number of methoxy groups -OCH3 is 1. The lowest BCUT2D eigenvalue weighted by molar-refractivity contribution is 0.0684. The average Bonchev–Trinajstić information content (AvgIpc) is 2.83. The number of halogens is 1. The van der Waals surface area contributed by atoms with Gasteiger partial charge in [0.05, 0.1) is 30.1 Å². The van der Waals surface area contributed by atoms with E-state index in [1.54, 1.807) is 7.11 Å². The predicted octanol–water partition coefficient (Wildman–Crippen LogP) is 3.53. The molecule has 0 atom stereocenters. The van der Waals surface area contributed by atoms with Crippen molar-refractivity contribution in [3.63, 3.8) is 0 Å². The zero-order chi connectivity index (χ0) is 15.1. The largest absolute Gasteiger partial charge is 0.382 e. The maximum absolute atomic E-state index is 6.02. The van der Waals surface area contributed by atoms with Crippen LogP contribution in [0.5, 0.6) is 0 Å². The van der Waals surface area contributed by atoms with Crippen LogP contribution in [-0.4, -0.2) is 36.5 Å². The Kier molecular flexibility index (Phi) is 6.49. The minimum absolute atomic E-state index is 0.443. The molecule has 0 radical (unpaired) electrons. The first-order valence-corrected chi connectivity index (χ1v) is 7.88. The third-order valence-corrected chi connectivity index (χ3v) is 3.69. The predicted molar refractivity (Wildman–Crippen MR) is 86.0 cm³/mol. The summed E-state index contributed by atoms with van der Waals surface area (Å²) < 4.78 is 12.7. The summed E-state index contributed by atoms with van der Waals surface area (Å²) in [4.78, 5) is 4.59. The topological polar surface area (TPSA) is 36.3 Å². The second kappa shape index (κ2) is 8.37. The van der Waals surface area contributed by atoms with Crippen molar-refractivity contribution in [3.8, 4) is 0 Å². The van der Waals surface area contributed by atoms with E-state index in [2.05, 4.69) is 34.7 Å². The van der Waals surface area contributed by atoms with Gasteiger partial charge in [-0.1, -0.05) is 6.07 Å². The molecule has 21 heavy (non-hydrogen) atoms. The van der Waals surface area contributed by atoms with Crippen molar-refractivity contribution in [1.29, 1.82) is 0 Å². The summed E-state index contributed by atoms with van der Waals surface area (Å²) in [6, 6.07) is 6.32. The van der Waals surface area contributed by atoms with Gasteiger partial charge in [0.1, 0.15) is 5.82 Å². The molecule has 0 aliphatic rings. The number of nitrogens with zero attached hydrogens (tertiary/aromatic N) is 2. The van der Waals surface area contributed by atoms with Crippen LogP contribution in [0.4, 0.5) is 0 Å². The van der Waals surface area contributed by atoms with E-state index in [1.807, 2.05) is 0 Å². The maximum Gasteiger partial charge on any atom is 0.124 e. The Morgan fingerprint density at radius 3 is 2.81 bits per heavy atom. The molecule has 0 aliphatic carbocycles. The van der Waals surface area contributed by atoms with Gasteiger partial charge in [0.2, 0.25) is 0 Å². The molecular formula is C16H23ClN2O2. The summed E-state index contributed by atoms with van der Waals surface area (Å²) in [5, 5.41) is 0. The van der Waals surface area contributed by atoms with Crippen molar-refractivity contribution in [2.24, 2.45) is 0 Å². The van der Waals surface area contributed by atoms with Gasteiger partial charge in [-0.05, 0) is 37.5 Å². The molecule has 0 bridgehead atoms. The van der Waals surface area contributed by atoms with Gasteiger partial charge >= 0.3 is 0 Å². The van der Waals surface area contributed by atoms with Crippen LogP contribution in [0.2, 0.25) is 0 Å². The number of aromatic nitrogens is 2. The van der Waals surface area contributed by atoms with Gasteiger partial charge in [0.15, 0.2) is 0 Å². The molecule has 0 spiro atoms. The first-order valence-electron chi connectivity index (χ1n) is 7.34. The van der Waals surface area contributed by atoms with E-state index < -0.39 is 0 Å². The lowest BCUT2D eigenvalue weighted by Crippen LogP contribution is -2.06. The second-order valence-electron chi connectivity index (χ2n) is 5.12. The van der Waals surface area contributed by atoms with Crippen molar-refractivity contribution < 1.29 is 9.47 Å². The summed E-state index contributed by atoms with van der Waals surface area (Å²) in [5.41, 5.74) is 3.44. The number of ether oxygens (including phenoxy) is 2. The Bertz CT molecular complexity index is 569. The summed E-state index contributed by atoms with van der Waals surface area (Å²) in [6.07, 6.45) is 2.08. The molecule has 0 saturated carbocycles. The third-order valence-electron chi connectivity index (χ3n) is 3.45. The van der Waals surface area contributed by atoms with E-state index in [1.165, 1.54) is 11.1 Å². The Morgan fingerprint density at radius 1 is 1.19 bits per heavy atom. The van der Waals surface area contributed by atoms with Gasteiger partial charge < -0.3 is 14.0 Å². The fraction of sp³-hybridized carbons (Fsp3) is 0.562. The normalized spacial score (nSPS) is 11.4. The lowest BCUT2D eigenvalue weighted by Gasteiger charge is -2.08. The SMILES string of the molecule is COCCOCCCCn1c(CCl)nc2ccc(C)cc21. The Balaban J connectivity index is 1.92. The highest BCUT2D eigenvalue weighted by atomic mass is 35.5. The molecule has 2 aromatic rings. The summed E-state index contributed by atoms with van der Waals surface area (Å²) in [6.45, 7) is 5.11. The van der Waals surface area contributed by atoms with Crippen molar-refractivity contribution in [2.75, 3.05) is 26.9 Å². The van der Waals surface area contributed by atoms with Gasteiger partial charge in [-0.25, -0.2) is 4.98 Å². The standard InChI is InChI=1S/C16H23ClN2O2/c1-13-5-6-14-15(11-13)19(16(12-17)18-14)7-3-4-8-21-10-9-20-2/h5-6,11H,3-4,7-10,12H2,1-2H3. The fourth-order valence-corrected chi connectivity index (χ4v) is 2.56. The zero-order valence-electron chi connectivity index (χ0n) is 12.8. The van der Waals surface area contributed by atoms with Crippen LogP contribution >= 0.6 is 11.6 Å². The Hall–Kier alpha value is -1.10. The van der Waals surface area contributed by atoms with Crippen molar-refractivity contribution in [1.82, 2.24) is 9.55 Å². The summed E-state index contributed by atoms with van der Waals surface area (Å²) in [5.74, 6) is 1.38. The van der Waals surface area contributed by atoms with Crippen molar-refractivity contribution >= 4 is 22.6 Å². The molecule has 0 fully saturated rings. The molecule has 2 rings (SSSR count). The number of alkyl halides is 1. The van der Waals surface area contributed by atoms with Crippen LogP contribution < -0.4 is 0 Å². The highest BCUT2D eigenvalue weighted by Gasteiger charge is 2.09. The van der Waals surface area contributed by atoms with Crippen LogP contribution in [0, 0.1) is 6.92 Å². The molecule has 0 amide bonds. The van der Waals surface area contributed by atoms with Crippen LogP contribution in [0.25, 0.3) is 11.0 Å². The number of fused-ring (bicyclic) bond motifs is 1. The molecular weight excluding hydrogens is 288 g/mol. The highest BCUT2D eigenvalue weighted by molar-refractivity contribution is 6.16. The monoisotopic (exact) mass is 310 g/mol. The minimum atomic E-state index is 0.443. The van der Waals surface area contributed by atoms with Gasteiger partial charge in [-0.3, -0.25) is 0 Å². The first kappa shape index (κ1) is 16.3. The minimum Gasteiger partial charge on any atom is -0.382 e. The third kappa shape index (κ3) is 4.43. The molecule has 4 nitrogen and oxygen atoms in total. The van der Waals surface area contributed by atoms with E-state index in [-0.39, 0.29) is 0 Å². The Morgan fingerprint density at radius 2 is 2.05 bits per heavy atom. The van der Waals surface area contributed by atoms with E-state index in [9.17, 15) is 0 Å². The summed E-state index contributed by atoms with van der Waals surface area (Å²) >= 11 is 6.02. The number of unbranched alkanes of at least 4 members (excludes halogenated alkanes) is 1. The first-order chi connectivity index (χ1) is 10.3. The van der Waals surface area contributed by atoms with Gasteiger partial charge in [-0.15, -0.1) is 11.6 Å². The number of imidazole rings is 1. The number of aryl methyl sites for hydroxylation is 2. The molecule has 0 N–H and O–H groups in total. The van der Waals surface area contributed by atoms with E-state index in [0.29, 0.717) is 19.1 Å². The van der Waals surface area contributed by atoms with Gasteiger partial charge in [-0.2, -0.15) is 0 Å². The highest BCUT2D eigenvalue weighted by Crippen LogP contribution is 2.19. The fourth-order valence-electron chi connectivity index (χ4n) is 2.35. The smallest absolute Gasteiger partial charge is 0.124 e. The molecule has 116 valence electrons. The van der Waals surface area contributed by atoms with Gasteiger partial charge in [0.25, 0.3) is 0 Å². The second-order valence-corrected chi connectivity index (χ2v) is 5.39. The van der Waals surface area contributed by atoms with E-state index in [0.717, 1.165) is 37.3 Å². The number of benzene rings is 1. The van der Waals surface area contributed by atoms with E-state index in [4.69, 9.17) is 21.1 Å². The molecule has 0 unspecified atom stereocenters. The average molecular weight is 311 g/mol. The van der Waals surface area contributed by atoms with Crippen LogP contribution in [0.15, 0.2) is 18.2 Å². The molecule has 1 aromatic heterocycles. The van der Waals surface area contributed by atoms with Crippen LogP contribution in [-0.2, 0) is 21.9 Å². The number of hydrogen-bond donors (Lipinski definition) is 0. The number of rotatable bonds is 9. The lowest BCUT2D eigenvalue weighted by atomic mass is 10.2. The van der Waals surface area contributed by atoms with Crippen molar-refractivity contribution in [3.05, 3.63) is 29.6 Å². The van der Waals surface area contributed by atoms with Crippen LogP contribution in [0.1, 0.15) is 24.2 Å². The maximum atomic E-state index is 6.02. The van der Waals surface area contributed by atoms with E-state index >= 15 is 0 Å².